The first-order valence-corrected chi connectivity index (χ1v) is 14.4. The van der Waals surface area contributed by atoms with Gasteiger partial charge in [0.1, 0.15) is 22.6 Å². The number of carbonyl (C=O) groups is 2. The Kier molecular flexibility index (Phi) is 8.07. The molecule has 1 aromatic heterocycles. The molecule has 0 saturated carbocycles. The van der Waals surface area contributed by atoms with E-state index in [0.29, 0.717) is 47.3 Å². The Hall–Kier alpha value is -3.92. The molecule has 2 aromatic carbocycles. The highest BCUT2D eigenvalue weighted by atomic mass is 32.1. The molecule has 10 heteroatoms. The van der Waals surface area contributed by atoms with Crippen molar-refractivity contribution in [2.75, 3.05) is 18.1 Å². The fourth-order valence-corrected chi connectivity index (χ4v) is 5.78. The average molecular weight is 564 g/mol. The third-order valence-electron chi connectivity index (χ3n) is 6.92. The molecule has 1 amide bonds. The maximum absolute atomic E-state index is 13.5. The molecule has 9 nitrogen and oxygen atoms in total. The van der Waals surface area contributed by atoms with E-state index in [4.69, 9.17) is 14.2 Å². The van der Waals surface area contributed by atoms with Crippen LogP contribution in [0.5, 0.6) is 17.2 Å². The first kappa shape index (κ1) is 27.6. The molecule has 2 aliphatic heterocycles. The van der Waals surface area contributed by atoms with E-state index in [2.05, 4.69) is 17.1 Å². The summed E-state index contributed by atoms with van der Waals surface area (Å²) in [6, 6.07) is 9.69. The number of carbonyl (C=O) groups excluding carboxylic acids is 2. The third kappa shape index (κ3) is 5.28. The van der Waals surface area contributed by atoms with Gasteiger partial charge in [-0.2, -0.15) is 0 Å². The summed E-state index contributed by atoms with van der Waals surface area (Å²) in [6.07, 6.45) is 3.78. The van der Waals surface area contributed by atoms with Crippen molar-refractivity contribution in [2.24, 2.45) is 0 Å². The largest absolute Gasteiger partial charge is 0.507 e. The van der Waals surface area contributed by atoms with Gasteiger partial charge in [-0.25, -0.2) is 0 Å². The zero-order valence-corrected chi connectivity index (χ0v) is 23.9. The smallest absolute Gasteiger partial charge is 0.301 e. The maximum Gasteiger partial charge on any atom is 0.301 e. The lowest BCUT2D eigenvalue weighted by Crippen LogP contribution is -2.29. The molecular formula is C30H33N3O6S. The van der Waals surface area contributed by atoms with E-state index in [0.717, 1.165) is 30.6 Å². The number of aliphatic hydroxyl groups excluding tert-OH is 1. The van der Waals surface area contributed by atoms with Crippen molar-refractivity contribution >= 4 is 33.9 Å². The number of aryl methyl sites for hydroxylation is 1. The van der Waals surface area contributed by atoms with Crippen LogP contribution in [0.15, 0.2) is 42.0 Å². The Morgan fingerprint density at radius 3 is 2.65 bits per heavy atom. The van der Waals surface area contributed by atoms with Gasteiger partial charge in [-0.05, 0) is 68.7 Å². The number of Topliss-reactive ketones (excluding diaryl/α,β-unsaturated/α-hetero) is 1. The molecule has 3 aromatic rings. The number of amides is 1. The van der Waals surface area contributed by atoms with Crippen LogP contribution in [-0.4, -0.2) is 46.3 Å². The van der Waals surface area contributed by atoms with Crippen LogP contribution in [0, 0.1) is 6.92 Å². The highest BCUT2D eigenvalue weighted by Crippen LogP contribution is 2.45. The number of hydrogen-bond donors (Lipinski definition) is 1. The first-order chi connectivity index (χ1) is 19.3. The van der Waals surface area contributed by atoms with E-state index in [-0.39, 0.29) is 22.6 Å². The van der Waals surface area contributed by atoms with Crippen LogP contribution in [-0.2, 0) is 16.0 Å². The summed E-state index contributed by atoms with van der Waals surface area (Å²) in [5, 5.41) is 20.7. The van der Waals surface area contributed by atoms with Crippen molar-refractivity contribution in [3.63, 3.8) is 0 Å². The van der Waals surface area contributed by atoms with Gasteiger partial charge in [0, 0.05) is 12.0 Å². The van der Waals surface area contributed by atoms with Crippen LogP contribution in [0.25, 0.3) is 5.76 Å². The van der Waals surface area contributed by atoms with E-state index in [1.54, 1.807) is 37.3 Å². The SMILES string of the molecule is CCCCCOc1ccc([C@H]2C(=C(O)c3ccc4c(c3)C[C@@H](C)O4)C(=O)C(=O)N2c2nnc(C)s2)cc1OCC. The van der Waals surface area contributed by atoms with Crippen molar-refractivity contribution in [1.82, 2.24) is 10.2 Å². The summed E-state index contributed by atoms with van der Waals surface area (Å²) in [5.41, 5.74) is 1.93. The molecule has 0 radical (unpaired) electrons. The van der Waals surface area contributed by atoms with Crippen molar-refractivity contribution in [1.29, 1.82) is 0 Å². The van der Waals surface area contributed by atoms with Gasteiger partial charge in [-0.3, -0.25) is 14.5 Å². The van der Waals surface area contributed by atoms with E-state index in [1.165, 1.54) is 16.2 Å². The Morgan fingerprint density at radius 1 is 1.10 bits per heavy atom. The van der Waals surface area contributed by atoms with Crippen LogP contribution in [0.4, 0.5) is 5.13 Å². The fraction of sp³-hybridized carbons (Fsp3) is 0.400. The molecule has 0 spiro atoms. The lowest BCUT2D eigenvalue weighted by molar-refractivity contribution is -0.132. The van der Waals surface area contributed by atoms with Gasteiger partial charge < -0.3 is 19.3 Å². The molecule has 2 aliphatic rings. The van der Waals surface area contributed by atoms with Crippen LogP contribution in [0.2, 0.25) is 0 Å². The normalized spacial score (nSPS) is 19.6. The number of hydrogen-bond acceptors (Lipinski definition) is 9. The summed E-state index contributed by atoms with van der Waals surface area (Å²) < 4.78 is 17.7. The number of ether oxygens (including phenoxy) is 3. The second-order valence-electron chi connectivity index (χ2n) is 9.92. The molecule has 1 saturated heterocycles. The Balaban J connectivity index is 1.62. The monoisotopic (exact) mass is 563 g/mol. The summed E-state index contributed by atoms with van der Waals surface area (Å²) in [7, 11) is 0. The van der Waals surface area contributed by atoms with E-state index in [9.17, 15) is 14.7 Å². The zero-order valence-electron chi connectivity index (χ0n) is 23.1. The van der Waals surface area contributed by atoms with Crippen molar-refractivity contribution < 1.29 is 28.9 Å². The second-order valence-corrected chi connectivity index (χ2v) is 11.1. The van der Waals surface area contributed by atoms with Crippen LogP contribution in [0.3, 0.4) is 0 Å². The van der Waals surface area contributed by atoms with Gasteiger partial charge in [0.2, 0.25) is 5.13 Å². The van der Waals surface area contributed by atoms with Gasteiger partial charge in [0.25, 0.3) is 5.78 Å². The summed E-state index contributed by atoms with van der Waals surface area (Å²) in [5.74, 6) is 0.00269. The number of benzene rings is 2. The van der Waals surface area contributed by atoms with Gasteiger partial charge in [0.05, 0.1) is 24.8 Å². The molecule has 0 aliphatic carbocycles. The zero-order chi connectivity index (χ0) is 28.4. The molecule has 0 unspecified atom stereocenters. The third-order valence-corrected chi connectivity index (χ3v) is 7.76. The number of unbranched alkanes of at least 4 members (excludes halogenated alkanes) is 2. The number of aliphatic hydroxyl groups is 1. The molecule has 3 heterocycles. The lowest BCUT2D eigenvalue weighted by Gasteiger charge is -2.23. The van der Waals surface area contributed by atoms with Gasteiger partial charge in [-0.1, -0.05) is 37.2 Å². The molecule has 210 valence electrons. The highest BCUT2D eigenvalue weighted by molar-refractivity contribution is 7.15. The summed E-state index contributed by atoms with van der Waals surface area (Å²) in [6.45, 7) is 8.71. The molecule has 0 bridgehead atoms. The second kappa shape index (κ2) is 11.7. The molecule has 1 fully saturated rings. The number of aromatic nitrogens is 2. The van der Waals surface area contributed by atoms with E-state index >= 15 is 0 Å². The number of fused-ring (bicyclic) bond motifs is 1. The Morgan fingerprint density at radius 2 is 1.93 bits per heavy atom. The average Bonchev–Trinajstić information content (AvgIpc) is 3.61. The number of nitrogens with zero attached hydrogens (tertiary/aromatic N) is 3. The summed E-state index contributed by atoms with van der Waals surface area (Å²) >= 11 is 1.20. The highest BCUT2D eigenvalue weighted by Gasteiger charge is 2.48. The number of anilines is 1. The Bertz CT molecular complexity index is 1470. The van der Waals surface area contributed by atoms with E-state index < -0.39 is 17.7 Å². The minimum Gasteiger partial charge on any atom is -0.507 e. The maximum atomic E-state index is 13.5. The molecule has 2 atom stereocenters. The summed E-state index contributed by atoms with van der Waals surface area (Å²) in [4.78, 5) is 28.3. The predicted molar refractivity (Wildman–Crippen MR) is 152 cm³/mol. The van der Waals surface area contributed by atoms with Crippen molar-refractivity contribution in [3.05, 3.63) is 63.7 Å². The minimum absolute atomic E-state index is 0.0242. The molecule has 5 rings (SSSR count). The molecule has 40 heavy (non-hydrogen) atoms. The van der Waals surface area contributed by atoms with Gasteiger partial charge >= 0.3 is 5.91 Å². The molecular weight excluding hydrogens is 530 g/mol. The first-order valence-electron chi connectivity index (χ1n) is 13.6. The van der Waals surface area contributed by atoms with Crippen LogP contribution in [0.1, 0.15) is 67.8 Å². The molecule has 1 N–H and O–H groups in total. The van der Waals surface area contributed by atoms with Crippen LogP contribution >= 0.6 is 11.3 Å². The number of rotatable bonds is 10. The lowest BCUT2D eigenvalue weighted by atomic mass is 9.94. The van der Waals surface area contributed by atoms with Gasteiger partial charge in [0.15, 0.2) is 11.5 Å². The van der Waals surface area contributed by atoms with Crippen molar-refractivity contribution in [2.45, 2.75) is 65.5 Å². The van der Waals surface area contributed by atoms with Crippen molar-refractivity contribution in [3.8, 4) is 17.2 Å². The topological polar surface area (TPSA) is 111 Å². The number of ketones is 1. The van der Waals surface area contributed by atoms with Gasteiger partial charge in [-0.15, -0.1) is 10.2 Å². The minimum atomic E-state index is -0.941. The fourth-order valence-electron chi connectivity index (χ4n) is 5.07. The quantitative estimate of drug-likeness (QED) is 0.143. The standard InChI is InChI=1S/C30H33N3O6S/c1-5-7-8-13-38-23-12-9-19(16-24(23)37-6-2)26-25(28(35)29(36)33(26)30-32-31-18(4)40-30)27(34)20-10-11-22-21(15-20)14-17(3)39-22/h9-12,15-17,26,34H,5-8,13-14H2,1-4H3/t17-,26+/m1/s1. The Labute approximate surface area is 237 Å². The predicted octanol–water partition coefficient (Wildman–Crippen LogP) is 5.76. The van der Waals surface area contributed by atoms with Crippen LogP contribution < -0.4 is 19.1 Å². The van der Waals surface area contributed by atoms with E-state index in [1.807, 2.05) is 19.9 Å².